The molecule has 1 aliphatic carbocycles. The highest BCUT2D eigenvalue weighted by Crippen LogP contribution is 2.29. The molecule has 20 heavy (non-hydrogen) atoms. The van der Waals surface area contributed by atoms with Crippen molar-refractivity contribution >= 4 is 11.6 Å². The largest absolute Gasteiger partial charge is 0.376 e. The second-order valence-corrected chi connectivity index (χ2v) is 5.41. The van der Waals surface area contributed by atoms with Gasteiger partial charge < -0.3 is 15.4 Å². The molecule has 2 rings (SSSR count). The fourth-order valence-electron chi connectivity index (χ4n) is 2.02. The molecule has 1 aromatic rings. The van der Waals surface area contributed by atoms with Crippen molar-refractivity contribution < 1.29 is 9.53 Å². The molecule has 4 heteroatoms. The number of nitrogens with one attached hydrogen (secondary N) is 2. The molecule has 1 amide bonds. The molecule has 0 aliphatic heterocycles. The Hall–Kier alpha value is -1.39. The van der Waals surface area contributed by atoms with Crippen molar-refractivity contribution in [2.75, 3.05) is 25.5 Å². The van der Waals surface area contributed by atoms with E-state index < -0.39 is 0 Å². The highest BCUT2D eigenvalue weighted by molar-refractivity contribution is 5.90. The number of carbonyl (C=O) groups excluding carboxylic acids is 1. The van der Waals surface area contributed by atoms with Crippen molar-refractivity contribution in [1.29, 1.82) is 0 Å². The van der Waals surface area contributed by atoms with E-state index in [1.807, 2.05) is 31.3 Å². The van der Waals surface area contributed by atoms with E-state index >= 15 is 0 Å². The smallest absolute Gasteiger partial charge is 0.224 e. The summed E-state index contributed by atoms with van der Waals surface area (Å²) < 4.78 is 5.66. The van der Waals surface area contributed by atoms with Crippen LogP contribution in [0.1, 0.15) is 31.2 Å². The molecule has 0 spiro atoms. The van der Waals surface area contributed by atoms with Gasteiger partial charge in [0.2, 0.25) is 5.91 Å². The lowest BCUT2D eigenvalue weighted by atomic mass is 10.2. The molecule has 1 fully saturated rings. The molecule has 0 saturated heterocycles. The first kappa shape index (κ1) is 15.0. The maximum atomic E-state index is 11.7. The summed E-state index contributed by atoms with van der Waals surface area (Å²) >= 11 is 0. The summed E-state index contributed by atoms with van der Waals surface area (Å²) in [6.45, 7) is 2.35. The van der Waals surface area contributed by atoms with Crippen LogP contribution in [-0.2, 0) is 16.1 Å². The van der Waals surface area contributed by atoms with Gasteiger partial charge in [-0.25, -0.2) is 0 Å². The van der Waals surface area contributed by atoms with Crippen molar-refractivity contribution in [1.82, 2.24) is 5.32 Å². The molecule has 0 unspecified atom stereocenters. The average Bonchev–Trinajstić information content (AvgIpc) is 3.24. The van der Waals surface area contributed by atoms with Crippen LogP contribution in [0.15, 0.2) is 24.3 Å². The molecule has 1 aliphatic rings. The zero-order valence-electron chi connectivity index (χ0n) is 12.2. The molecule has 0 heterocycles. The van der Waals surface area contributed by atoms with Crippen LogP contribution in [0, 0.1) is 5.92 Å². The van der Waals surface area contributed by atoms with E-state index in [1.165, 1.54) is 12.8 Å². The Labute approximate surface area is 120 Å². The number of ether oxygens (including phenoxy) is 1. The molecule has 4 nitrogen and oxygen atoms in total. The third kappa shape index (κ3) is 5.72. The molecule has 0 bridgehead atoms. The van der Waals surface area contributed by atoms with Gasteiger partial charge in [0.1, 0.15) is 0 Å². The van der Waals surface area contributed by atoms with E-state index in [9.17, 15) is 4.79 Å². The van der Waals surface area contributed by atoms with E-state index in [4.69, 9.17) is 4.74 Å². The minimum absolute atomic E-state index is 0.0660. The van der Waals surface area contributed by atoms with Crippen molar-refractivity contribution in [3.63, 3.8) is 0 Å². The number of benzene rings is 1. The summed E-state index contributed by atoms with van der Waals surface area (Å²) in [6.07, 6.45) is 4.02. The van der Waals surface area contributed by atoms with Crippen LogP contribution in [-0.4, -0.2) is 26.1 Å². The lowest BCUT2D eigenvalue weighted by Crippen LogP contribution is -2.15. The van der Waals surface area contributed by atoms with Crippen LogP contribution in [0.25, 0.3) is 0 Å². The van der Waals surface area contributed by atoms with Gasteiger partial charge in [0.05, 0.1) is 6.61 Å². The van der Waals surface area contributed by atoms with E-state index in [-0.39, 0.29) is 5.91 Å². The fourth-order valence-corrected chi connectivity index (χ4v) is 2.02. The lowest BCUT2D eigenvalue weighted by Gasteiger charge is -2.08. The van der Waals surface area contributed by atoms with Gasteiger partial charge in [-0.15, -0.1) is 0 Å². The Balaban J connectivity index is 1.74. The topological polar surface area (TPSA) is 50.4 Å². The Morgan fingerprint density at radius 2 is 2.25 bits per heavy atom. The average molecular weight is 276 g/mol. The highest BCUT2D eigenvalue weighted by atomic mass is 16.5. The van der Waals surface area contributed by atoms with Crippen LogP contribution in [0.4, 0.5) is 5.69 Å². The minimum Gasteiger partial charge on any atom is -0.376 e. The summed E-state index contributed by atoms with van der Waals surface area (Å²) in [4.78, 5) is 11.7. The highest BCUT2D eigenvalue weighted by Gasteiger charge is 2.20. The zero-order valence-corrected chi connectivity index (χ0v) is 12.2. The number of carbonyl (C=O) groups is 1. The molecule has 1 saturated carbocycles. The Kier molecular flexibility index (Phi) is 6.02. The van der Waals surface area contributed by atoms with Crippen molar-refractivity contribution in [3.8, 4) is 0 Å². The predicted molar refractivity (Wildman–Crippen MR) is 80.6 cm³/mol. The van der Waals surface area contributed by atoms with E-state index in [2.05, 4.69) is 10.6 Å². The Bertz CT molecular complexity index is 430. The molecule has 1 aromatic carbocycles. The molecule has 2 N–H and O–H groups in total. The van der Waals surface area contributed by atoms with Gasteiger partial charge >= 0.3 is 0 Å². The molecular formula is C16H24N2O2. The molecule has 0 radical (unpaired) electrons. The maximum absolute atomic E-state index is 11.7. The van der Waals surface area contributed by atoms with Gasteiger partial charge in [-0.1, -0.05) is 12.1 Å². The monoisotopic (exact) mass is 276 g/mol. The van der Waals surface area contributed by atoms with Crippen molar-refractivity contribution in [3.05, 3.63) is 29.8 Å². The first-order chi connectivity index (χ1) is 9.78. The second-order valence-electron chi connectivity index (χ2n) is 5.41. The minimum atomic E-state index is 0.0660. The van der Waals surface area contributed by atoms with Crippen LogP contribution in [0.5, 0.6) is 0 Å². The third-order valence-electron chi connectivity index (χ3n) is 3.36. The van der Waals surface area contributed by atoms with Crippen molar-refractivity contribution in [2.45, 2.75) is 32.3 Å². The Morgan fingerprint density at radius 1 is 1.40 bits per heavy atom. The first-order valence-corrected chi connectivity index (χ1v) is 7.39. The number of anilines is 1. The number of hydrogen-bond donors (Lipinski definition) is 2. The number of rotatable bonds is 9. The van der Waals surface area contributed by atoms with E-state index in [0.717, 1.165) is 36.7 Å². The SMILES string of the molecule is CNCCCC(=O)Nc1cccc(COCC2CC2)c1. The standard InChI is InChI=1S/C16H24N2O2/c1-17-9-3-6-16(19)18-15-5-2-4-14(10-15)12-20-11-13-7-8-13/h2,4-5,10,13,17H,3,6-9,11-12H2,1H3,(H,18,19). The summed E-state index contributed by atoms with van der Waals surface area (Å²) in [5, 5.41) is 5.97. The summed E-state index contributed by atoms with van der Waals surface area (Å²) in [7, 11) is 1.89. The normalized spacial score (nSPS) is 14.2. The molecule has 110 valence electrons. The second kappa shape index (κ2) is 8.02. The summed E-state index contributed by atoms with van der Waals surface area (Å²) in [5.74, 6) is 0.848. The van der Waals surface area contributed by atoms with E-state index in [0.29, 0.717) is 13.0 Å². The predicted octanol–water partition coefficient (Wildman–Crippen LogP) is 2.55. The lowest BCUT2D eigenvalue weighted by molar-refractivity contribution is -0.116. The van der Waals surface area contributed by atoms with Crippen LogP contribution >= 0.6 is 0 Å². The zero-order chi connectivity index (χ0) is 14.2. The van der Waals surface area contributed by atoms with E-state index in [1.54, 1.807) is 0 Å². The van der Waals surface area contributed by atoms with Crippen LogP contribution in [0.2, 0.25) is 0 Å². The van der Waals surface area contributed by atoms with Gasteiger partial charge in [0, 0.05) is 18.7 Å². The van der Waals surface area contributed by atoms with Gasteiger partial charge in [0.25, 0.3) is 0 Å². The molecule has 0 atom stereocenters. The van der Waals surface area contributed by atoms with Crippen molar-refractivity contribution in [2.24, 2.45) is 5.92 Å². The first-order valence-electron chi connectivity index (χ1n) is 7.39. The number of hydrogen-bond acceptors (Lipinski definition) is 3. The quantitative estimate of drug-likeness (QED) is 0.682. The van der Waals surface area contributed by atoms with Gasteiger partial charge in [-0.05, 0) is 56.5 Å². The third-order valence-corrected chi connectivity index (χ3v) is 3.36. The Morgan fingerprint density at radius 3 is 3.00 bits per heavy atom. The maximum Gasteiger partial charge on any atom is 0.224 e. The summed E-state index contributed by atoms with van der Waals surface area (Å²) in [6, 6.07) is 7.89. The molecular weight excluding hydrogens is 252 g/mol. The van der Waals surface area contributed by atoms with Crippen LogP contribution < -0.4 is 10.6 Å². The summed E-state index contributed by atoms with van der Waals surface area (Å²) in [5.41, 5.74) is 1.96. The van der Waals surface area contributed by atoms with Crippen LogP contribution in [0.3, 0.4) is 0 Å². The van der Waals surface area contributed by atoms with Gasteiger partial charge in [-0.2, -0.15) is 0 Å². The van der Waals surface area contributed by atoms with Gasteiger partial charge in [0.15, 0.2) is 0 Å². The molecule has 0 aromatic heterocycles. The number of amides is 1. The fraction of sp³-hybridized carbons (Fsp3) is 0.562. The van der Waals surface area contributed by atoms with Gasteiger partial charge in [-0.3, -0.25) is 4.79 Å².